The van der Waals surface area contributed by atoms with Crippen LogP contribution in [0.5, 0.6) is 0 Å². The molecule has 0 bridgehead atoms. The van der Waals surface area contributed by atoms with Gasteiger partial charge in [-0.2, -0.15) is 13.2 Å². The molecule has 0 fully saturated rings. The number of aryl methyl sites for hydroxylation is 2. The van der Waals surface area contributed by atoms with Crippen molar-refractivity contribution >= 4 is 11.0 Å². The van der Waals surface area contributed by atoms with Gasteiger partial charge in [-0.05, 0) is 30.2 Å². The number of aromatic nitrogens is 4. The van der Waals surface area contributed by atoms with Gasteiger partial charge in [0.25, 0.3) is 0 Å². The SMILES string of the molecule is FC(F)(F)c1cccc(CCc2nnc(-c3ccnc4[nH]ccc34)o2)c1. The van der Waals surface area contributed by atoms with Crippen molar-refractivity contribution < 1.29 is 17.6 Å². The molecule has 0 aliphatic rings. The summed E-state index contributed by atoms with van der Waals surface area (Å²) in [6.07, 6.45) is -0.207. The molecule has 0 aliphatic carbocycles. The van der Waals surface area contributed by atoms with Crippen LogP contribution in [0.15, 0.2) is 53.2 Å². The number of hydrogen-bond acceptors (Lipinski definition) is 4. The Morgan fingerprint density at radius 1 is 1.04 bits per heavy atom. The number of fused-ring (bicyclic) bond motifs is 1. The number of hydrogen-bond donors (Lipinski definition) is 1. The second-order valence-electron chi connectivity index (χ2n) is 5.80. The zero-order valence-corrected chi connectivity index (χ0v) is 13.4. The number of alkyl halides is 3. The van der Waals surface area contributed by atoms with Crippen molar-refractivity contribution in [3.8, 4) is 11.5 Å². The highest BCUT2D eigenvalue weighted by atomic mass is 19.4. The van der Waals surface area contributed by atoms with E-state index in [2.05, 4.69) is 20.2 Å². The van der Waals surface area contributed by atoms with Gasteiger partial charge in [-0.15, -0.1) is 10.2 Å². The zero-order valence-electron chi connectivity index (χ0n) is 13.4. The van der Waals surface area contributed by atoms with Crippen molar-refractivity contribution in [3.05, 3.63) is 65.8 Å². The summed E-state index contributed by atoms with van der Waals surface area (Å²) in [7, 11) is 0. The van der Waals surface area contributed by atoms with Gasteiger partial charge >= 0.3 is 6.18 Å². The van der Waals surface area contributed by atoms with E-state index in [-0.39, 0.29) is 0 Å². The summed E-state index contributed by atoms with van der Waals surface area (Å²) in [5, 5.41) is 8.91. The van der Waals surface area contributed by atoms with E-state index in [4.69, 9.17) is 4.42 Å². The fourth-order valence-corrected chi connectivity index (χ4v) is 2.77. The lowest BCUT2D eigenvalue weighted by atomic mass is 10.1. The fraction of sp³-hybridized carbons (Fsp3) is 0.167. The van der Waals surface area contributed by atoms with Crippen LogP contribution in [-0.2, 0) is 19.0 Å². The smallest absolute Gasteiger partial charge is 0.416 e. The van der Waals surface area contributed by atoms with Gasteiger partial charge in [0.05, 0.1) is 11.1 Å². The molecule has 3 aromatic heterocycles. The van der Waals surface area contributed by atoms with Crippen LogP contribution in [0.25, 0.3) is 22.5 Å². The molecule has 26 heavy (non-hydrogen) atoms. The molecule has 132 valence electrons. The maximum atomic E-state index is 12.8. The number of halogens is 3. The molecule has 4 aromatic rings. The van der Waals surface area contributed by atoms with Gasteiger partial charge in [-0.3, -0.25) is 0 Å². The molecule has 0 aliphatic heterocycles. The quantitative estimate of drug-likeness (QED) is 0.586. The van der Waals surface area contributed by atoms with Gasteiger partial charge in [0.15, 0.2) is 0 Å². The first-order valence-electron chi connectivity index (χ1n) is 7.92. The average Bonchev–Trinajstić information content (AvgIpc) is 3.28. The standard InChI is InChI=1S/C18H13F3N4O/c19-18(20,21)12-3-1-2-11(10-12)4-5-15-24-25-17(26-15)14-7-9-23-16-13(14)6-8-22-16/h1-3,6-10H,4-5H2,(H,22,23). The molecule has 1 N–H and O–H groups in total. The highest BCUT2D eigenvalue weighted by Crippen LogP contribution is 2.30. The minimum atomic E-state index is -4.35. The van der Waals surface area contributed by atoms with E-state index in [1.165, 1.54) is 6.07 Å². The predicted molar refractivity (Wildman–Crippen MR) is 88.2 cm³/mol. The Labute approximate surface area is 145 Å². The average molecular weight is 358 g/mol. The van der Waals surface area contributed by atoms with Crippen molar-refractivity contribution in [3.63, 3.8) is 0 Å². The minimum Gasteiger partial charge on any atom is -0.421 e. The fourth-order valence-electron chi connectivity index (χ4n) is 2.77. The molecule has 0 unspecified atom stereocenters. The molecule has 4 rings (SSSR count). The number of pyridine rings is 1. The molecule has 0 atom stereocenters. The monoisotopic (exact) mass is 358 g/mol. The Morgan fingerprint density at radius 3 is 2.77 bits per heavy atom. The highest BCUT2D eigenvalue weighted by molar-refractivity contribution is 5.90. The first-order chi connectivity index (χ1) is 12.5. The maximum absolute atomic E-state index is 12.8. The van der Waals surface area contributed by atoms with Crippen molar-refractivity contribution in [1.82, 2.24) is 20.2 Å². The molecule has 5 nitrogen and oxygen atoms in total. The Morgan fingerprint density at radius 2 is 1.92 bits per heavy atom. The molecule has 0 spiro atoms. The molecule has 8 heteroatoms. The molecule has 0 saturated carbocycles. The number of nitrogens with one attached hydrogen (secondary N) is 1. The second-order valence-corrected chi connectivity index (χ2v) is 5.80. The van der Waals surface area contributed by atoms with Crippen molar-refractivity contribution in [1.29, 1.82) is 0 Å². The molecular formula is C18H13F3N4O. The summed E-state index contributed by atoms with van der Waals surface area (Å²) in [5.74, 6) is 0.731. The molecule has 0 radical (unpaired) electrons. The topological polar surface area (TPSA) is 67.6 Å². The van der Waals surface area contributed by atoms with E-state index in [1.807, 2.05) is 6.07 Å². The van der Waals surface area contributed by atoms with E-state index < -0.39 is 11.7 Å². The van der Waals surface area contributed by atoms with Crippen LogP contribution >= 0.6 is 0 Å². The summed E-state index contributed by atoms with van der Waals surface area (Å²) in [4.78, 5) is 7.21. The zero-order chi connectivity index (χ0) is 18.1. The van der Waals surface area contributed by atoms with Gasteiger partial charge in [-0.1, -0.05) is 18.2 Å². The van der Waals surface area contributed by atoms with Crippen LogP contribution in [0.4, 0.5) is 13.2 Å². The predicted octanol–water partition coefficient (Wildman–Crippen LogP) is 4.42. The second kappa shape index (κ2) is 6.29. The van der Waals surface area contributed by atoms with Crippen molar-refractivity contribution in [2.45, 2.75) is 19.0 Å². The summed E-state index contributed by atoms with van der Waals surface area (Å²) in [5.41, 5.74) is 1.38. The van der Waals surface area contributed by atoms with Gasteiger partial charge in [0.2, 0.25) is 11.8 Å². The van der Waals surface area contributed by atoms with Crippen molar-refractivity contribution in [2.24, 2.45) is 0 Å². The number of aromatic amines is 1. The van der Waals surface area contributed by atoms with Crippen molar-refractivity contribution in [2.75, 3.05) is 0 Å². The van der Waals surface area contributed by atoms with E-state index in [1.54, 1.807) is 24.5 Å². The largest absolute Gasteiger partial charge is 0.421 e. The third kappa shape index (κ3) is 3.17. The van der Waals surface area contributed by atoms with E-state index in [0.29, 0.717) is 35.8 Å². The summed E-state index contributed by atoms with van der Waals surface area (Å²) in [6, 6.07) is 8.89. The van der Waals surface area contributed by atoms with E-state index >= 15 is 0 Å². The minimum absolute atomic E-state index is 0.357. The molecule has 0 amide bonds. The maximum Gasteiger partial charge on any atom is 0.416 e. The summed E-state index contributed by atoms with van der Waals surface area (Å²) in [6.45, 7) is 0. The molecular weight excluding hydrogens is 345 g/mol. The van der Waals surface area contributed by atoms with Gasteiger partial charge in [-0.25, -0.2) is 4.98 Å². The first-order valence-corrected chi connectivity index (χ1v) is 7.92. The summed E-state index contributed by atoms with van der Waals surface area (Å²) < 4.78 is 44.0. The lowest BCUT2D eigenvalue weighted by Gasteiger charge is -2.07. The van der Waals surface area contributed by atoms with Gasteiger partial charge < -0.3 is 9.40 Å². The van der Waals surface area contributed by atoms with Crippen LogP contribution in [0.1, 0.15) is 17.0 Å². The number of benzene rings is 1. The molecule has 1 aromatic carbocycles. The Bertz CT molecular complexity index is 1050. The van der Waals surface area contributed by atoms with Crippen LogP contribution < -0.4 is 0 Å². The van der Waals surface area contributed by atoms with E-state index in [0.717, 1.165) is 23.1 Å². The van der Waals surface area contributed by atoms with Crippen LogP contribution in [-0.4, -0.2) is 20.2 Å². The Hall–Kier alpha value is -3.16. The summed E-state index contributed by atoms with van der Waals surface area (Å²) >= 11 is 0. The number of nitrogens with zero attached hydrogens (tertiary/aromatic N) is 3. The number of rotatable bonds is 4. The highest BCUT2D eigenvalue weighted by Gasteiger charge is 2.30. The third-order valence-corrected chi connectivity index (χ3v) is 4.04. The van der Waals surface area contributed by atoms with Crippen LogP contribution in [0, 0.1) is 0 Å². The Balaban J connectivity index is 1.52. The lowest BCUT2D eigenvalue weighted by Crippen LogP contribution is -2.05. The molecule has 0 saturated heterocycles. The number of H-pyrrole nitrogens is 1. The third-order valence-electron chi connectivity index (χ3n) is 4.04. The molecule has 3 heterocycles. The first kappa shape index (κ1) is 16.3. The lowest BCUT2D eigenvalue weighted by molar-refractivity contribution is -0.137. The van der Waals surface area contributed by atoms with Crippen LogP contribution in [0.3, 0.4) is 0 Å². The van der Waals surface area contributed by atoms with Gasteiger partial charge in [0, 0.05) is 24.2 Å². The normalized spacial score (nSPS) is 12.0. The Kier molecular flexibility index (Phi) is 3.95. The van der Waals surface area contributed by atoms with Crippen LogP contribution in [0.2, 0.25) is 0 Å². The van der Waals surface area contributed by atoms with E-state index in [9.17, 15) is 13.2 Å². The van der Waals surface area contributed by atoms with Gasteiger partial charge in [0.1, 0.15) is 5.65 Å².